The van der Waals surface area contributed by atoms with Gasteiger partial charge in [0, 0.05) is 5.92 Å². The monoisotopic (exact) mass is 212 g/mol. The largest absolute Gasteiger partial charge is 0.295 e. The van der Waals surface area contributed by atoms with Crippen molar-refractivity contribution in [2.75, 3.05) is 0 Å². The summed E-state index contributed by atoms with van der Waals surface area (Å²) in [6.07, 6.45) is 7.37. The first kappa shape index (κ1) is 14.3. The molecule has 0 aromatic carbocycles. The first-order valence-corrected chi connectivity index (χ1v) is 6.12. The molecule has 0 N–H and O–H groups in total. The first-order chi connectivity index (χ1) is 7.13. The van der Waals surface area contributed by atoms with Crippen LogP contribution in [0, 0.1) is 11.8 Å². The molecule has 2 heteroatoms. The van der Waals surface area contributed by atoms with E-state index >= 15 is 0 Å². The lowest BCUT2D eigenvalue weighted by atomic mass is 9.87. The molecule has 15 heavy (non-hydrogen) atoms. The third-order valence-electron chi connectivity index (χ3n) is 2.91. The van der Waals surface area contributed by atoms with Gasteiger partial charge in [-0.3, -0.25) is 9.59 Å². The SMILES string of the molecule is CCCCCCCC(C(=O)C=O)C(C)C. The van der Waals surface area contributed by atoms with Crippen molar-refractivity contribution < 1.29 is 9.59 Å². The van der Waals surface area contributed by atoms with Crippen LogP contribution in [0.2, 0.25) is 0 Å². The Labute approximate surface area is 93.4 Å². The zero-order valence-corrected chi connectivity index (χ0v) is 10.3. The zero-order chi connectivity index (χ0) is 11.7. The van der Waals surface area contributed by atoms with Crippen molar-refractivity contribution in [3.05, 3.63) is 0 Å². The maximum Gasteiger partial charge on any atom is 0.198 e. The summed E-state index contributed by atoms with van der Waals surface area (Å²) in [5.41, 5.74) is 0. The van der Waals surface area contributed by atoms with Crippen LogP contribution in [0.5, 0.6) is 0 Å². The van der Waals surface area contributed by atoms with Gasteiger partial charge in [0.25, 0.3) is 0 Å². The van der Waals surface area contributed by atoms with E-state index in [0.29, 0.717) is 6.29 Å². The molecule has 0 radical (unpaired) electrons. The molecular weight excluding hydrogens is 188 g/mol. The predicted octanol–water partition coefficient (Wildman–Crippen LogP) is 3.39. The number of carbonyl (C=O) groups is 2. The average molecular weight is 212 g/mol. The standard InChI is InChI=1S/C13H24O2/c1-4-5-6-7-8-9-12(11(2)3)13(15)10-14/h10-12H,4-9H2,1-3H3. The third-order valence-corrected chi connectivity index (χ3v) is 2.91. The number of carbonyl (C=O) groups excluding carboxylic acids is 2. The fraction of sp³-hybridized carbons (Fsp3) is 0.846. The summed E-state index contributed by atoms with van der Waals surface area (Å²) in [6.45, 7) is 6.21. The number of ketones is 1. The molecule has 0 saturated heterocycles. The molecular formula is C13H24O2. The van der Waals surface area contributed by atoms with Gasteiger partial charge in [-0.05, 0) is 12.3 Å². The van der Waals surface area contributed by atoms with Gasteiger partial charge in [-0.2, -0.15) is 0 Å². The molecule has 1 atom stereocenters. The molecule has 0 aromatic rings. The van der Waals surface area contributed by atoms with Crippen molar-refractivity contribution in [1.29, 1.82) is 0 Å². The second-order valence-electron chi connectivity index (χ2n) is 4.57. The van der Waals surface area contributed by atoms with E-state index in [2.05, 4.69) is 6.92 Å². The van der Waals surface area contributed by atoms with Crippen molar-refractivity contribution in [2.45, 2.75) is 59.3 Å². The van der Waals surface area contributed by atoms with Crippen LogP contribution in [0.15, 0.2) is 0 Å². The normalized spacial score (nSPS) is 12.8. The first-order valence-electron chi connectivity index (χ1n) is 6.12. The summed E-state index contributed by atoms with van der Waals surface area (Å²) in [5.74, 6) is 0.0125. The van der Waals surface area contributed by atoms with Gasteiger partial charge in [-0.15, -0.1) is 0 Å². The Kier molecular flexibility index (Phi) is 8.25. The number of aldehydes is 1. The van der Waals surface area contributed by atoms with Crippen LogP contribution >= 0.6 is 0 Å². The van der Waals surface area contributed by atoms with Gasteiger partial charge >= 0.3 is 0 Å². The molecule has 0 aliphatic heterocycles. The third kappa shape index (κ3) is 6.43. The minimum absolute atomic E-state index is 0.0517. The molecule has 0 aromatic heterocycles. The van der Waals surface area contributed by atoms with Crippen LogP contribution in [0.4, 0.5) is 0 Å². The lowest BCUT2D eigenvalue weighted by molar-refractivity contribution is -0.133. The van der Waals surface area contributed by atoms with Crippen LogP contribution in [-0.2, 0) is 9.59 Å². The Morgan fingerprint density at radius 3 is 2.20 bits per heavy atom. The molecule has 0 amide bonds. The highest BCUT2D eigenvalue weighted by Gasteiger charge is 2.20. The molecule has 0 fully saturated rings. The molecule has 0 saturated carbocycles. The highest BCUT2D eigenvalue weighted by molar-refractivity contribution is 6.26. The minimum Gasteiger partial charge on any atom is -0.295 e. The van der Waals surface area contributed by atoms with E-state index < -0.39 is 0 Å². The Balaban J connectivity index is 3.77. The molecule has 0 aliphatic carbocycles. The molecule has 1 unspecified atom stereocenters. The van der Waals surface area contributed by atoms with Crippen LogP contribution in [0.25, 0.3) is 0 Å². The predicted molar refractivity (Wildman–Crippen MR) is 62.8 cm³/mol. The van der Waals surface area contributed by atoms with E-state index in [1.54, 1.807) is 0 Å². The maximum atomic E-state index is 11.3. The number of unbranched alkanes of at least 4 members (excludes halogenated alkanes) is 4. The van der Waals surface area contributed by atoms with Crippen molar-refractivity contribution in [1.82, 2.24) is 0 Å². The lowest BCUT2D eigenvalue weighted by Gasteiger charge is -2.16. The van der Waals surface area contributed by atoms with Gasteiger partial charge in [0.1, 0.15) is 0 Å². The van der Waals surface area contributed by atoms with Gasteiger partial charge in [0.2, 0.25) is 0 Å². The molecule has 2 nitrogen and oxygen atoms in total. The quantitative estimate of drug-likeness (QED) is 0.333. The zero-order valence-electron chi connectivity index (χ0n) is 10.3. The van der Waals surface area contributed by atoms with Gasteiger partial charge in [0.05, 0.1) is 0 Å². The van der Waals surface area contributed by atoms with Gasteiger partial charge < -0.3 is 0 Å². The van der Waals surface area contributed by atoms with E-state index in [9.17, 15) is 9.59 Å². The topological polar surface area (TPSA) is 34.1 Å². The van der Waals surface area contributed by atoms with Crippen LogP contribution in [0.3, 0.4) is 0 Å². The van der Waals surface area contributed by atoms with E-state index in [1.807, 2.05) is 13.8 Å². The number of hydrogen-bond donors (Lipinski definition) is 0. The summed E-state index contributed by atoms with van der Waals surface area (Å²) in [5, 5.41) is 0. The smallest absolute Gasteiger partial charge is 0.198 e. The number of rotatable bonds is 9. The molecule has 0 spiro atoms. The summed E-state index contributed by atoms with van der Waals surface area (Å²) >= 11 is 0. The second kappa shape index (κ2) is 8.63. The highest BCUT2D eigenvalue weighted by Crippen LogP contribution is 2.19. The second-order valence-corrected chi connectivity index (χ2v) is 4.57. The molecule has 0 bridgehead atoms. The molecule has 0 aliphatic rings. The molecule has 88 valence electrons. The van der Waals surface area contributed by atoms with Crippen LogP contribution in [0.1, 0.15) is 59.3 Å². The van der Waals surface area contributed by atoms with Crippen LogP contribution in [-0.4, -0.2) is 12.1 Å². The van der Waals surface area contributed by atoms with E-state index in [-0.39, 0.29) is 17.6 Å². The van der Waals surface area contributed by atoms with Gasteiger partial charge in [-0.25, -0.2) is 0 Å². The van der Waals surface area contributed by atoms with E-state index in [4.69, 9.17) is 0 Å². The number of hydrogen-bond acceptors (Lipinski definition) is 2. The summed E-state index contributed by atoms with van der Waals surface area (Å²) < 4.78 is 0. The Bertz CT molecular complexity index is 185. The molecule has 0 rings (SSSR count). The van der Waals surface area contributed by atoms with Crippen LogP contribution < -0.4 is 0 Å². The highest BCUT2D eigenvalue weighted by atomic mass is 16.2. The van der Waals surface area contributed by atoms with Crippen molar-refractivity contribution in [2.24, 2.45) is 11.8 Å². The molecule has 0 heterocycles. The minimum atomic E-state index is -0.222. The summed E-state index contributed by atoms with van der Waals surface area (Å²) in [6, 6.07) is 0. The fourth-order valence-electron chi connectivity index (χ4n) is 1.86. The summed E-state index contributed by atoms with van der Waals surface area (Å²) in [7, 11) is 0. The van der Waals surface area contributed by atoms with Crippen molar-refractivity contribution >= 4 is 12.1 Å². The van der Waals surface area contributed by atoms with Crippen molar-refractivity contribution in [3.63, 3.8) is 0 Å². The van der Waals surface area contributed by atoms with E-state index in [1.165, 1.54) is 25.7 Å². The Morgan fingerprint density at radius 1 is 1.13 bits per heavy atom. The van der Waals surface area contributed by atoms with E-state index in [0.717, 1.165) is 12.8 Å². The van der Waals surface area contributed by atoms with Gasteiger partial charge in [-0.1, -0.05) is 52.9 Å². The Morgan fingerprint density at radius 2 is 1.73 bits per heavy atom. The van der Waals surface area contributed by atoms with Gasteiger partial charge in [0.15, 0.2) is 12.1 Å². The fourth-order valence-corrected chi connectivity index (χ4v) is 1.86. The van der Waals surface area contributed by atoms with Crippen molar-refractivity contribution in [3.8, 4) is 0 Å². The number of Topliss-reactive ketones (excluding diaryl/α,β-unsaturated/α-hetero) is 1. The summed E-state index contributed by atoms with van der Waals surface area (Å²) in [4.78, 5) is 21.7. The maximum absolute atomic E-state index is 11.3. The average Bonchev–Trinajstić information content (AvgIpc) is 2.22. The lowest BCUT2D eigenvalue weighted by Crippen LogP contribution is -2.21. The Hall–Kier alpha value is -0.660.